The van der Waals surface area contributed by atoms with Crippen LogP contribution < -0.4 is 10.6 Å². The molecule has 1 saturated heterocycles. The minimum Gasteiger partial charge on any atom is -0.350 e. The van der Waals surface area contributed by atoms with Crippen LogP contribution in [0.15, 0.2) is 24.3 Å². The van der Waals surface area contributed by atoms with E-state index in [-0.39, 0.29) is 18.3 Å². The summed E-state index contributed by atoms with van der Waals surface area (Å²) < 4.78 is 1.09. The van der Waals surface area contributed by atoms with Crippen molar-refractivity contribution in [2.45, 2.75) is 18.9 Å². The number of amides is 1. The molecule has 1 amide bonds. The molecule has 2 rings (SSSR count). The van der Waals surface area contributed by atoms with Crippen molar-refractivity contribution in [2.24, 2.45) is 0 Å². The lowest BCUT2D eigenvalue weighted by molar-refractivity contribution is 0.0950. The highest BCUT2D eigenvalue weighted by atomic mass is 127. The second kappa shape index (κ2) is 7.18. The van der Waals surface area contributed by atoms with Crippen LogP contribution in [-0.2, 0) is 0 Å². The van der Waals surface area contributed by atoms with Crippen LogP contribution in [-0.4, -0.2) is 25.0 Å². The van der Waals surface area contributed by atoms with Gasteiger partial charge in [0.1, 0.15) is 0 Å². The predicted octanol–water partition coefficient (Wildman–Crippen LogP) is 2.19. The molecule has 1 aliphatic heterocycles. The molecule has 94 valence electrons. The average molecular weight is 367 g/mol. The van der Waals surface area contributed by atoms with Crippen LogP contribution in [0.4, 0.5) is 0 Å². The lowest BCUT2D eigenvalue weighted by Crippen LogP contribution is -2.37. The zero-order chi connectivity index (χ0) is 11.4. The Morgan fingerprint density at radius 2 is 2.35 bits per heavy atom. The average Bonchev–Trinajstić information content (AvgIpc) is 2.78. The van der Waals surface area contributed by atoms with E-state index < -0.39 is 0 Å². The van der Waals surface area contributed by atoms with Gasteiger partial charge in [-0.25, -0.2) is 0 Å². The van der Waals surface area contributed by atoms with Crippen LogP contribution in [0.1, 0.15) is 23.2 Å². The van der Waals surface area contributed by atoms with Gasteiger partial charge < -0.3 is 10.6 Å². The molecule has 1 aromatic carbocycles. The van der Waals surface area contributed by atoms with Crippen molar-refractivity contribution < 1.29 is 4.79 Å². The van der Waals surface area contributed by atoms with Crippen LogP contribution in [0, 0.1) is 3.57 Å². The van der Waals surface area contributed by atoms with Gasteiger partial charge in [0.25, 0.3) is 5.91 Å². The maximum absolute atomic E-state index is 11.8. The molecule has 0 spiro atoms. The third-order valence-corrected chi connectivity index (χ3v) is 3.43. The van der Waals surface area contributed by atoms with E-state index in [0.717, 1.165) is 28.6 Å². The first kappa shape index (κ1) is 14.7. The number of carbonyl (C=O) groups excluding carboxylic acids is 1. The molecule has 17 heavy (non-hydrogen) atoms. The van der Waals surface area contributed by atoms with Gasteiger partial charge in [0.15, 0.2) is 0 Å². The number of hydrogen-bond acceptors (Lipinski definition) is 2. The molecule has 1 aliphatic rings. The summed E-state index contributed by atoms with van der Waals surface area (Å²) in [6, 6.07) is 8.09. The van der Waals surface area contributed by atoms with Gasteiger partial charge in [-0.15, -0.1) is 12.4 Å². The van der Waals surface area contributed by atoms with Gasteiger partial charge in [0.05, 0.1) is 0 Å². The Hall–Kier alpha value is -0.330. The minimum absolute atomic E-state index is 0. The lowest BCUT2D eigenvalue weighted by atomic mass is 10.2. The van der Waals surface area contributed by atoms with E-state index in [9.17, 15) is 4.79 Å². The van der Waals surface area contributed by atoms with Crippen molar-refractivity contribution in [3.63, 3.8) is 0 Å². The van der Waals surface area contributed by atoms with Crippen molar-refractivity contribution in [3.05, 3.63) is 33.4 Å². The molecule has 1 heterocycles. The van der Waals surface area contributed by atoms with Crippen LogP contribution >= 0.6 is 35.0 Å². The Bertz CT molecular complexity index is 381. The fraction of sp³-hybridized carbons (Fsp3) is 0.417. The van der Waals surface area contributed by atoms with Crippen molar-refractivity contribution >= 4 is 40.9 Å². The Labute approximate surface area is 121 Å². The maximum atomic E-state index is 11.8. The fourth-order valence-corrected chi connectivity index (χ4v) is 2.42. The number of nitrogens with one attached hydrogen (secondary N) is 2. The van der Waals surface area contributed by atoms with E-state index >= 15 is 0 Å². The topological polar surface area (TPSA) is 41.1 Å². The number of rotatable bonds is 3. The van der Waals surface area contributed by atoms with Gasteiger partial charge in [-0.1, -0.05) is 6.07 Å². The quantitative estimate of drug-likeness (QED) is 0.805. The van der Waals surface area contributed by atoms with Gasteiger partial charge in [-0.05, 0) is 60.2 Å². The first-order chi connectivity index (χ1) is 7.75. The predicted molar refractivity (Wildman–Crippen MR) is 79.8 cm³/mol. The lowest BCUT2D eigenvalue weighted by Gasteiger charge is -2.11. The van der Waals surface area contributed by atoms with Crippen LogP contribution in [0.3, 0.4) is 0 Å². The maximum Gasteiger partial charge on any atom is 0.251 e. The van der Waals surface area contributed by atoms with Crippen LogP contribution in [0.25, 0.3) is 0 Å². The van der Waals surface area contributed by atoms with Gasteiger partial charge in [-0.3, -0.25) is 4.79 Å². The number of benzene rings is 1. The molecule has 1 unspecified atom stereocenters. The molecule has 1 fully saturated rings. The van der Waals surface area contributed by atoms with E-state index in [1.165, 1.54) is 6.42 Å². The highest BCUT2D eigenvalue weighted by Crippen LogP contribution is 2.08. The number of hydrogen-bond donors (Lipinski definition) is 2. The van der Waals surface area contributed by atoms with E-state index in [1.54, 1.807) is 0 Å². The summed E-state index contributed by atoms with van der Waals surface area (Å²) in [6.45, 7) is 1.80. The van der Waals surface area contributed by atoms with Gasteiger partial charge in [0, 0.05) is 21.7 Å². The summed E-state index contributed by atoms with van der Waals surface area (Å²) in [5.74, 6) is 0.0206. The monoisotopic (exact) mass is 366 g/mol. The fourth-order valence-electron chi connectivity index (χ4n) is 1.88. The standard InChI is InChI=1S/C12H15IN2O.ClH/c13-10-4-1-3-9(7-10)12(16)15-8-11-5-2-6-14-11;/h1,3-4,7,11,14H,2,5-6,8H2,(H,15,16);1H. The summed E-state index contributed by atoms with van der Waals surface area (Å²) in [4.78, 5) is 11.8. The van der Waals surface area contributed by atoms with Crippen LogP contribution in [0.2, 0.25) is 0 Å². The largest absolute Gasteiger partial charge is 0.350 e. The molecule has 0 radical (unpaired) electrons. The summed E-state index contributed by atoms with van der Waals surface area (Å²) in [7, 11) is 0. The zero-order valence-corrected chi connectivity index (χ0v) is 12.4. The van der Waals surface area contributed by atoms with E-state index in [1.807, 2.05) is 24.3 Å². The molecule has 0 aliphatic carbocycles. The molecule has 5 heteroatoms. The Morgan fingerprint density at radius 1 is 1.53 bits per heavy atom. The molecule has 1 aromatic rings. The summed E-state index contributed by atoms with van der Waals surface area (Å²) >= 11 is 2.21. The molecule has 0 saturated carbocycles. The molecule has 3 nitrogen and oxygen atoms in total. The molecule has 2 N–H and O–H groups in total. The molecular formula is C12H16ClIN2O. The SMILES string of the molecule is Cl.O=C(NCC1CCCN1)c1cccc(I)c1. The van der Waals surface area contributed by atoms with Crippen molar-refractivity contribution in [1.29, 1.82) is 0 Å². The number of carbonyl (C=O) groups is 1. The van der Waals surface area contributed by atoms with E-state index in [0.29, 0.717) is 6.04 Å². The van der Waals surface area contributed by atoms with Crippen LogP contribution in [0.5, 0.6) is 0 Å². The highest BCUT2D eigenvalue weighted by molar-refractivity contribution is 14.1. The normalized spacial score (nSPS) is 18.5. The Morgan fingerprint density at radius 3 is 3.00 bits per heavy atom. The van der Waals surface area contributed by atoms with Gasteiger partial charge in [-0.2, -0.15) is 0 Å². The smallest absolute Gasteiger partial charge is 0.251 e. The number of halogens is 2. The third kappa shape index (κ3) is 4.44. The van der Waals surface area contributed by atoms with E-state index in [2.05, 4.69) is 33.2 Å². The van der Waals surface area contributed by atoms with Crippen molar-refractivity contribution in [2.75, 3.05) is 13.1 Å². The molecular weight excluding hydrogens is 351 g/mol. The third-order valence-electron chi connectivity index (χ3n) is 2.76. The van der Waals surface area contributed by atoms with Gasteiger partial charge in [0.2, 0.25) is 0 Å². The van der Waals surface area contributed by atoms with Gasteiger partial charge >= 0.3 is 0 Å². The zero-order valence-electron chi connectivity index (χ0n) is 9.41. The molecule has 1 atom stereocenters. The van der Waals surface area contributed by atoms with Crippen molar-refractivity contribution in [1.82, 2.24) is 10.6 Å². The highest BCUT2D eigenvalue weighted by Gasteiger charge is 2.15. The molecule has 0 bridgehead atoms. The summed E-state index contributed by atoms with van der Waals surface area (Å²) in [5, 5.41) is 6.32. The first-order valence-electron chi connectivity index (χ1n) is 5.53. The Kier molecular flexibility index (Phi) is 6.22. The molecule has 0 aromatic heterocycles. The Balaban J connectivity index is 0.00000144. The summed E-state index contributed by atoms with van der Waals surface area (Å²) in [6.07, 6.45) is 2.37. The van der Waals surface area contributed by atoms with E-state index in [4.69, 9.17) is 0 Å². The minimum atomic E-state index is 0. The second-order valence-corrected chi connectivity index (χ2v) is 5.26. The summed E-state index contributed by atoms with van der Waals surface area (Å²) in [5.41, 5.74) is 0.741. The second-order valence-electron chi connectivity index (χ2n) is 4.01. The first-order valence-corrected chi connectivity index (χ1v) is 6.61. The van der Waals surface area contributed by atoms with Crippen molar-refractivity contribution in [3.8, 4) is 0 Å².